The van der Waals surface area contributed by atoms with Gasteiger partial charge in [-0.1, -0.05) is 41.4 Å². The van der Waals surface area contributed by atoms with E-state index < -0.39 is 17.6 Å². The molecule has 0 fully saturated rings. The van der Waals surface area contributed by atoms with Crippen LogP contribution in [0.5, 0.6) is 0 Å². The summed E-state index contributed by atoms with van der Waals surface area (Å²) in [5.41, 5.74) is -0.401. The molecular formula is C16H10Cl2F3NO. The Morgan fingerprint density at radius 2 is 1.74 bits per heavy atom. The fourth-order valence-electron chi connectivity index (χ4n) is 1.75. The minimum absolute atomic E-state index is 0.0116. The highest BCUT2D eigenvalue weighted by Crippen LogP contribution is 2.33. The van der Waals surface area contributed by atoms with Crippen LogP contribution in [0.25, 0.3) is 6.08 Å². The van der Waals surface area contributed by atoms with E-state index in [2.05, 4.69) is 5.32 Å². The van der Waals surface area contributed by atoms with Crippen LogP contribution in [0.1, 0.15) is 11.1 Å². The second kappa shape index (κ2) is 7.06. The number of alkyl halides is 3. The number of halogens is 5. The minimum Gasteiger partial charge on any atom is -0.321 e. The van der Waals surface area contributed by atoms with Crippen LogP contribution in [0.3, 0.4) is 0 Å². The Morgan fingerprint density at radius 1 is 1.04 bits per heavy atom. The molecule has 1 N–H and O–H groups in total. The van der Waals surface area contributed by atoms with Gasteiger partial charge in [-0.25, -0.2) is 0 Å². The summed E-state index contributed by atoms with van der Waals surface area (Å²) in [6.45, 7) is 0. The van der Waals surface area contributed by atoms with Crippen molar-refractivity contribution < 1.29 is 18.0 Å². The Balaban J connectivity index is 2.16. The highest BCUT2D eigenvalue weighted by Gasteiger charge is 2.31. The van der Waals surface area contributed by atoms with Crippen LogP contribution in [0.15, 0.2) is 48.5 Å². The molecule has 0 atom stereocenters. The van der Waals surface area contributed by atoms with E-state index in [4.69, 9.17) is 23.2 Å². The molecule has 23 heavy (non-hydrogen) atoms. The van der Waals surface area contributed by atoms with Crippen molar-refractivity contribution in [3.05, 3.63) is 69.7 Å². The van der Waals surface area contributed by atoms with Gasteiger partial charge in [0.05, 0.1) is 16.3 Å². The highest BCUT2D eigenvalue weighted by molar-refractivity contribution is 6.34. The standard InChI is InChI=1S/C16H10Cl2F3NO/c17-12-4-2-1-3-10(12)5-8-15(23)22-14-9-11(16(19,20)21)6-7-13(14)18/h1-9H,(H,22,23). The molecule has 0 aliphatic rings. The molecule has 0 radical (unpaired) electrons. The lowest BCUT2D eigenvalue weighted by Crippen LogP contribution is -2.11. The van der Waals surface area contributed by atoms with Gasteiger partial charge in [0, 0.05) is 11.1 Å². The van der Waals surface area contributed by atoms with E-state index in [-0.39, 0.29) is 10.7 Å². The van der Waals surface area contributed by atoms with Gasteiger partial charge in [0.25, 0.3) is 0 Å². The van der Waals surface area contributed by atoms with E-state index in [1.54, 1.807) is 24.3 Å². The summed E-state index contributed by atoms with van der Waals surface area (Å²) in [6.07, 6.45) is -1.89. The maximum Gasteiger partial charge on any atom is 0.416 e. The molecule has 0 saturated carbocycles. The van der Waals surface area contributed by atoms with Crippen LogP contribution >= 0.6 is 23.2 Å². The summed E-state index contributed by atoms with van der Waals surface area (Å²) >= 11 is 11.7. The van der Waals surface area contributed by atoms with E-state index in [1.165, 1.54) is 6.08 Å². The van der Waals surface area contributed by atoms with Gasteiger partial charge >= 0.3 is 6.18 Å². The Morgan fingerprint density at radius 3 is 2.39 bits per heavy atom. The third kappa shape index (κ3) is 4.74. The zero-order chi connectivity index (χ0) is 17.0. The normalized spacial score (nSPS) is 11.7. The first-order chi connectivity index (χ1) is 10.8. The summed E-state index contributed by atoms with van der Waals surface area (Å²) in [4.78, 5) is 11.8. The predicted molar refractivity (Wildman–Crippen MR) is 85.6 cm³/mol. The van der Waals surface area contributed by atoms with Crippen molar-refractivity contribution >= 4 is 40.9 Å². The second-order valence-corrected chi connectivity index (χ2v) is 5.35. The minimum atomic E-state index is -4.52. The zero-order valence-corrected chi connectivity index (χ0v) is 13.0. The van der Waals surface area contributed by atoms with E-state index in [1.807, 2.05) is 0 Å². The van der Waals surface area contributed by atoms with E-state index in [9.17, 15) is 18.0 Å². The number of anilines is 1. The first kappa shape index (κ1) is 17.4. The lowest BCUT2D eigenvalue weighted by atomic mass is 10.2. The van der Waals surface area contributed by atoms with Crippen LogP contribution in [0.4, 0.5) is 18.9 Å². The molecule has 7 heteroatoms. The number of nitrogens with one attached hydrogen (secondary N) is 1. The van der Waals surface area contributed by atoms with Gasteiger partial charge in [0.2, 0.25) is 5.91 Å². The topological polar surface area (TPSA) is 29.1 Å². The van der Waals surface area contributed by atoms with E-state index in [0.29, 0.717) is 10.6 Å². The number of rotatable bonds is 3. The Bertz CT molecular complexity index is 757. The summed E-state index contributed by atoms with van der Waals surface area (Å²) in [5.74, 6) is -0.619. The molecule has 2 aromatic rings. The van der Waals surface area contributed by atoms with Crippen LogP contribution in [0, 0.1) is 0 Å². The Kier molecular flexibility index (Phi) is 5.34. The smallest absolute Gasteiger partial charge is 0.321 e. The lowest BCUT2D eigenvalue weighted by Gasteiger charge is -2.10. The van der Waals surface area contributed by atoms with Gasteiger partial charge in [-0.2, -0.15) is 13.2 Å². The summed E-state index contributed by atoms with van der Waals surface area (Å²) < 4.78 is 38.0. The second-order valence-electron chi connectivity index (χ2n) is 4.54. The van der Waals surface area contributed by atoms with Crippen molar-refractivity contribution in [3.8, 4) is 0 Å². The third-order valence-corrected chi connectivity index (χ3v) is 3.54. The van der Waals surface area contributed by atoms with Gasteiger partial charge in [-0.05, 0) is 35.9 Å². The van der Waals surface area contributed by atoms with E-state index in [0.717, 1.165) is 24.3 Å². The van der Waals surface area contributed by atoms with Crippen molar-refractivity contribution in [2.45, 2.75) is 6.18 Å². The van der Waals surface area contributed by atoms with Gasteiger partial charge < -0.3 is 5.32 Å². The average molecular weight is 360 g/mol. The Hall–Kier alpha value is -1.98. The zero-order valence-electron chi connectivity index (χ0n) is 11.5. The van der Waals surface area contributed by atoms with Gasteiger partial charge in [0.15, 0.2) is 0 Å². The third-order valence-electron chi connectivity index (χ3n) is 2.87. The van der Waals surface area contributed by atoms with Crippen LogP contribution < -0.4 is 5.32 Å². The van der Waals surface area contributed by atoms with Gasteiger partial charge in [-0.15, -0.1) is 0 Å². The molecule has 1 amide bonds. The first-order valence-corrected chi connectivity index (χ1v) is 7.13. The largest absolute Gasteiger partial charge is 0.416 e. The molecule has 0 unspecified atom stereocenters. The van der Waals surface area contributed by atoms with Gasteiger partial charge in [-0.3, -0.25) is 4.79 Å². The first-order valence-electron chi connectivity index (χ1n) is 6.38. The highest BCUT2D eigenvalue weighted by atomic mass is 35.5. The lowest BCUT2D eigenvalue weighted by molar-refractivity contribution is -0.137. The molecule has 0 aliphatic heterocycles. The number of hydrogen-bond donors (Lipinski definition) is 1. The number of benzene rings is 2. The molecule has 0 heterocycles. The molecule has 2 nitrogen and oxygen atoms in total. The maximum atomic E-state index is 12.7. The SMILES string of the molecule is O=C(C=Cc1ccccc1Cl)Nc1cc(C(F)(F)F)ccc1Cl. The predicted octanol–water partition coefficient (Wildman–Crippen LogP) is 5.66. The quantitative estimate of drug-likeness (QED) is 0.703. The van der Waals surface area contributed by atoms with Crippen LogP contribution in [-0.2, 0) is 11.0 Å². The van der Waals surface area contributed by atoms with Crippen molar-refractivity contribution in [3.63, 3.8) is 0 Å². The number of carbonyl (C=O) groups is 1. The molecule has 0 saturated heterocycles. The van der Waals surface area contributed by atoms with Crippen molar-refractivity contribution in [1.29, 1.82) is 0 Å². The summed E-state index contributed by atoms with van der Waals surface area (Å²) in [5, 5.41) is 2.78. The molecule has 120 valence electrons. The monoisotopic (exact) mass is 359 g/mol. The van der Waals surface area contributed by atoms with Gasteiger partial charge in [0.1, 0.15) is 0 Å². The maximum absolute atomic E-state index is 12.7. The molecule has 2 aromatic carbocycles. The van der Waals surface area contributed by atoms with Crippen molar-refractivity contribution in [2.75, 3.05) is 5.32 Å². The molecule has 0 bridgehead atoms. The van der Waals surface area contributed by atoms with Crippen molar-refractivity contribution in [1.82, 2.24) is 0 Å². The fraction of sp³-hybridized carbons (Fsp3) is 0.0625. The average Bonchev–Trinajstić information content (AvgIpc) is 2.47. The molecule has 0 aliphatic carbocycles. The molecular weight excluding hydrogens is 350 g/mol. The van der Waals surface area contributed by atoms with E-state index >= 15 is 0 Å². The molecule has 0 aromatic heterocycles. The number of carbonyl (C=O) groups excluding carboxylic acids is 1. The summed E-state index contributed by atoms with van der Waals surface area (Å²) in [7, 11) is 0. The molecule has 0 spiro atoms. The van der Waals surface area contributed by atoms with Crippen molar-refractivity contribution in [2.24, 2.45) is 0 Å². The Labute approximate surface area is 140 Å². The number of hydrogen-bond acceptors (Lipinski definition) is 1. The number of amides is 1. The summed E-state index contributed by atoms with van der Waals surface area (Å²) in [6, 6.07) is 9.54. The molecule has 2 rings (SSSR count). The van der Waals surface area contributed by atoms with Crippen LogP contribution in [-0.4, -0.2) is 5.91 Å². The fourth-order valence-corrected chi connectivity index (χ4v) is 2.11. The van der Waals surface area contributed by atoms with Crippen LogP contribution in [0.2, 0.25) is 10.0 Å².